The zero-order chi connectivity index (χ0) is 16.0. The lowest BCUT2D eigenvalue weighted by Crippen LogP contribution is -2.25. The summed E-state index contributed by atoms with van der Waals surface area (Å²) in [6, 6.07) is 8.34. The van der Waals surface area contributed by atoms with Gasteiger partial charge in [-0.15, -0.1) is 11.8 Å². The van der Waals surface area contributed by atoms with Crippen LogP contribution in [0.25, 0.3) is 0 Å². The molecule has 0 amide bonds. The minimum Gasteiger partial charge on any atom is -0.459 e. The molecule has 118 valence electrons. The van der Waals surface area contributed by atoms with Crippen molar-refractivity contribution in [2.45, 2.75) is 52.2 Å². The molecule has 0 bridgehead atoms. The lowest BCUT2D eigenvalue weighted by Gasteiger charge is -2.19. The Hall–Kier alpha value is -1.00. The second kappa shape index (κ2) is 7.85. The summed E-state index contributed by atoms with van der Waals surface area (Å²) in [5, 5.41) is 0. The minimum atomic E-state index is -0.424. The predicted octanol–water partition coefficient (Wildman–Crippen LogP) is 3.88. The molecule has 0 spiro atoms. The monoisotopic (exact) mass is 309 g/mol. The van der Waals surface area contributed by atoms with Crippen LogP contribution in [0.3, 0.4) is 0 Å². The molecule has 21 heavy (non-hydrogen) atoms. The van der Waals surface area contributed by atoms with Crippen molar-refractivity contribution in [1.29, 1.82) is 0 Å². The Morgan fingerprint density at radius 2 is 1.71 bits per heavy atom. The van der Waals surface area contributed by atoms with Crippen LogP contribution in [-0.4, -0.2) is 23.1 Å². The van der Waals surface area contributed by atoms with E-state index in [2.05, 4.69) is 38.1 Å². The molecule has 3 nitrogen and oxygen atoms in total. The van der Waals surface area contributed by atoms with E-state index in [9.17, 15) is 4.79 Å². The van der Waals surface area contributed by atoms with E-state index in [1.807, 2.05) is 20.8 Å². The molecule has 0 aromatic heterocycles. The van der Waals surface area contributed by atoms with Crippen LogP contribution in [0.1, 0.15) is 57.7 Å². The van der Waals surface area contributed by atoms with Crippen LogP contribution in [0.15, 0.2) is 24.3 Å². The van der Waals surface area contributed by atoms with Crippen LogP contribution in [0.5, 0.6) is 0 Å². The molecule has 0 fully saturated rings. The smallest absolute Gasteiger partial charge is 0.316 e. The van der Waals surface area contributed by atoms with Gasteiger partial charge in [-0.3, -0.25) is 4.79 Å². The van der Waals surface area contributed by atoms with E-state index in [4.69, 9.17) is 10.5 Å². The highest BCUT2D eigenvalue weighted by atomic mass is 32.2. The minimum absolute atomic E-state index is 0.0568. The largest absolute Gasteiger partial charge is 0.459 e. The highest BCUT2D eigenvalue weighted by Crippen LogP contribution is 2.20. The van der Waals surface area contributed by atoms with Crippen molar-refractivity contribution in [3.8, 4) is 0 Å². The SMILES string of the molecule is CC(C)c1ccc(C(N)CSCC(=O)OC(C)(C)C)cc1. The molecule has 1 aromatic rings. The summed E-state index contributed by atoms with van der Waals surface area (Å²) >= 11 is 1.52. The number of carbonyl (C=O) groups excluding carboxylic acids is 1. The van der Waals surface area contributed by atoms with Gasteiger partial charge in [0, 0.05) is 11.8 Å². The summed E-state index contributed by atoms with van der Waals surface area (Å²) in [5.74, 6) is 1.39. The topological polar surface area (TPSA) is 52.3 Å². The quantitative estimate of drug-likeness (QED) is 0.810. The molecule has 0 heterocycles. The van der Waals surface area contributed by atoms with E-state index >= 15 is 0 Å². The number of hydrogen-bond acceptors (Lipinski definition) is 4. The first-order valence-electron chi connectivity index (χ1n) is 7.34. The van der Waals surface area contributed by atoms with Gasteiger partial charge in [0.25, 0.3) is 0 Å². The second-order valence-corrected chi connectivity index (χ2v) is 7.56. The Morgan fingerprint density at radius 3 is 2.19 bits per heavy atom. The van der Waals surface area contributed by atoms with Crippen molar-refractivity contribution in [3.05, 3.63) is 35.4 Å². The average Bonchev–Trinajstić information content (AvgIpc) is 2.36. The maximum absolute atomic E-state index is 11.6. The van der Waals surface area contributed by atoms with Gasteiger partial charge < -0.3 is 10.5 Å². The molecule has 1 rings (SSSR count). The zero-order valence-electron chi connectivity index (χ0n) is 13.7. The van der Waals surface area contributed by atoms with Crippen LogP contribution in [0.4, 0.5) is 0 Å². The van der Waals surface area contributed by atoms with Gasteiger partial charge in [-0.05, 0) is 37.8 Å². The fourth-order valence-electron chi connectivity index (χ4n) is 1.86. The summed E-state index contributed by atoms with van der Waals surface area (Å²) in [6.07, 6.45) is 0. The van der Waals surface area contributed by atoms with Gasteiger partial charge in [0.05, 0.1) is 5.75 Å². The van der Waals surface area contributed by atoms with Gasteiger partial charge in [0.2, 0.25) is 0 Å². The summed E-state index contributed by atoms with van der Waals surface area (Å²) in [5.41, 5.74) is 8.16. The van der Waals surface area contributed by atoms with Crippen LogP contribution in [0, 0.1) is 0 Å². The van der Waals surface area contributed by atoms with E-state index in [0.29, 0.717) is 17.4 Å². The third kappa shape index (κ3) is 7.00. The predicted molar refractivity (Wildman–Crippen MR) is 90.6 cm³/mol. The Bertz CT molecular complexity index is 449. The average molecular weight is 309 g/mol. The number of carbonyl (C=O) groups is 1. The molecule has 0 saturated heterocycles. The fraction of sp³-hybridized carbons (Fsp3) is 0.588. The Balaban J connectivity index is 2.40. The normalized spacial score (nSPS) is 13.3. The van der Waals surface area contributed by atoms with Gasteiger partial charge in [-0.1, -0.05) is 38.1 Å². The molecule has 1 unspecified atom stereocenters. The maximum atomic E-state index is 11.6. The molecule has 4 heteroatoms. The van der Waals surface area contributed by atoms with E-state index in [0.717, 1.165) is 5.56 Å². The Labute approximate surface area is 132 Å². The molecular formula is C17H27NO2S. The molecule has 1 aromatic carbocycles. The van der Waals surface area contributed by atoms with Crippen molar-refractivity contribution in [1.82, 2.24) is 0 Å². The first kappa shape index (κ1) is 18.1. The summed E-state index contributed by atoms with van der Waals surface area (Å²) < 4.78 is 5.27. The maximum Gasteiger partial charge on any atom is 0.316 e. The molecule has 1 atom stereocenters. The highest BCUT2D eigenvalue weighted by molar-refractivity contribution is 7.99. The number of ether oxygens (including phenoxy) is 1. The Kier molecular flexibility index (Phi) is 6.75. The van der Waals surface area contributed by atoms with Crippen LogP contribution >= 0.6 is 11.8 Å². The lowest BCUT2D eigenvalue weighted by atomic mass is 10.00. The zero-order valence-corrected chi connectivity index (χ0v) is 14.5. The van der Waals surface area contributed by atoms with Crippen molar-refractivity contribution >= 4 is 17.7 Å². The molecule has 0 radical (unpaired) electrons. The van der Waals surface area contributed by atoms with E-state index in [-0.39, 0.29) is 12.0 Å². The standard InChI is InChI=1S/C17H27NO2S/c1-12(2)13-6-8-14(9-7-13)15(18)10-21-11-16(19)20-17(3,4)5/h6-9,12,15H,10-11,18H2,1-5H3. The Morgan fingerprint density at radius 1 is 1.19 bits per heavy atom. The van der Waals surface area contributed by atoms with E-state index in [1.165, 1.54) is 17.3 Å². The van der Waals surface area contributed by atoms with Gasteiger partial charge in [-0.25, -0.2) is 0 Å². The summed E-state index contributed by atoms with van der Waals surface area (Å²) in [7, 11) is 0. The van der Waals surface area contributed by atoms with Crippen molar-refractivity contribution in [2.24, 2.45) is 5.73 Å². The van der Waals surface area contributed by atoms with E-state index < -0.39 is 5.60 Å². The highest BCUT2D eigenvalue weighted by Gasteiger charge is 2.16. The third-order valence-corrected chi connectivity index (χ3v) is 4.00. The van der Waals surface area contributed by atoms with E-state index in [1.54, 1.807) is 0 Å². The molecule has 2 N–H and O–H groups in total. The number of esters is 1. The number of thioether (sulfide) groups is 1. The van der Waals surface area contributed by atoms with Gasteiger partial charge >= 0.3 is 5.97 Å². The molecule has 0 saturated carbocycles. The van der Waals surface area contributed by atoms with Crippen LogP contribution in [0.2, 0.25) is 0 Å². The first-order chi connectivity index (χ1) is 9.69. The fourth-order valence-corrected chi connectivity index (χ4v) is 2.65. The number of benzene rings is 1. The number of hydrogen-bond donors (Lipinski definition) is 1. The number of nitrogens with two attached hydrogens (primary N) is 1. The third-order valence-electron chi connectivity index (χ3n) is 2.97. The van der Waals surface area contributed by atoms with Crippen molar-refractivity contribution in [2.75, 3.05) is 11.5 Å². The van der Waals surface area contributed by atoms with Crippen LogP contribution < -0.4 is 5.73 Å². The molecule has 0 aliphatic rings. The van der Waals surface area contributed by atoms with Crippen molar-refractivity contribution < 1.29 is 9.53 Å². The summed E-state index contributed by atoms with van der Waals surface area (Å²) in [6.45, 7) is 9.96. The summed E-state index contributed by atoms with van der Waals surface area (Å²) in [4.78, 5) is 11.6. The molecule has 0 aliphatic carbocycles. The lowest BCUT2D eigenvalue weighted by molar-refractivity contribution is -0.151. The molecular weight excluding hydrogens is 282 g/mol. The second-order valence-electron chi connectivity index (χ2n) is 6.53. The number of rotatable bonds is 6. The van der Waals surface area contributed by atoms with Gasteiger partial charge in [0.15, 0.2) is 0 Å². The van der Waals surface area contributed by atoms with Crippen LogP contribution in [-0.2, 0) is 9.53 Å². The molecule has 0 aliphatic heterocycles. The first-order valence-corrected chi connectivity index (χ1v) is 8.49. The van der Waals surface area contributed by atoms with Crippen molar-refractivity contribution in [3.63, 3.8) is 0 Å². The van der Waals surface area contributed by atoms with Gasteiger partial charge in [-0.2, -0.15) is 0 Å². The van der Waals surface area contributed by atoms with Gasteiger partial charge in [0.1, 0.15) is 5.60 Å².